The lowest BCUT2D eigenvalue weighted by atomic mass is 10.1. The maximum Gasteiger partial charge on any atom is 0.387 e. The molecule has 182 valence electrons. The van der Waals surface area contributed by atoms with E-state index in [1.54, 1.807) is 48.4 Å². The van der Waals surface area contributed by atoms with Gasteiger partial charge in [0.2, 0.25) is 5.95 Å². The number of hydrogen-bond donors (Lipinski definition) is 1. The number of fused-ring (bicyclic) bond motifs is 1. The molecule has 0 amide bonds. The van der Waals surface area contributed by atoms with E-state index in [9.17, 15) is 13.6 Å². The highest BCUT2D eigenvalue weighted by Crippen LogP contribution is 2.26. The molecule has 1 fully saturated rings. The molecular formula is C25H25F2N5O3. The highest BCUT2D eigenvalue weighted by molar-refractivity contribution is 5.84. The number of anilines is 1. The summed E-state index contributed by atoms with van der Waals surface area (Å²) < 4.78 is 39.1. The number of para-hydroxylation sites is 1. The van der Waals surface area contributed by atoms with Crippen LogP contribution in [-0.2, 0) is 18.3 Å². The summed E-state index contributed by atoms with van der Waals surface area (Å²) in [5, 5.41) is 3.82. The Bertz CT molecular complexity index is 1380. The predicted octanol–water partition coefficient (Wildman–Crippen LogP) is 4.04. The number of nitrogens with zero attached hydrogens (tertiary/aromatic N) is 4. The Labute approximate surface area is 200 Å². The van der Waals surface area contributed by atoms with Gasteiger partial charge >= 0.3 is 6.61 Å². The summed E-state index contributed by atoms with van der Waals surface area (Å²) in [7, 11) is 1.65. The zero-order valence-electron chi connectivity index (χ0n) is 19.2. The summed E-state index contributed by atoms with van der Waals surface area (Å²) in [4.78, 5) is 21.7. The van der Waals surface area contributed by atoms with E-state index in [0.717, 1.165) is 30.6 Å². The second-order valence-electron chi connectivity index (χ2n) is 8.46. The molecule has 1 atom stereocenters. The minimum absolute atomic E-state index is 0.0767. The molecule has 8 nitrogen and oxygen atoms in total. The molecule has 3 heterocycles. The van der Waals surface area contributed by atoms with E-state index in [1.165, 1.54) is 10.7 Å². The Morgan fingerprint density at radius 1 is 1.17 bits per heavy atom. The molecule has 1 aliphatic rings. The molecule has 1 N–H and O–H groups in total. The van der Waals surface area contributed by atoms with E-state index in [2.05, 4.69) is 20.0 Å². The molecule has 4 aromatic rings. The largest absolute Gasteiger partial charge is 0.434 e. The van der Waals surface area contributed by atoms with E-state index in [-0.39, 0.29) is 23.9 Å². The highest BCUT2D eigenvalue weighted by Gasteiger charge is 2.17. The van der Waals surface area contributed by atoms with Gasteiger partial charge in [-0.05, 0) is 36.6 Å². The van der Waals surface area contributed by atoms with Gasteiger partial charge in [-0.15, -0.1) is 0 Å². The maximum absolute atomic E-state index is 12.9. The van der Waals surface area contributed by atoms with Crippen LogP contribution >= 0.6 is 0 Å². The van der Waals surface area contributed by atoms with Crippen molar-refractivity contribution in [2.24, 2.45) is 7.05 Å². The average Bonchev–Trinajstić information content (AvgIpc) is 3.10. The van der Waals surface area contributed by atoms with Crippen LogP contribution in [0.25, 0.3) is 22.0 Å². The lowest BCUT2D eigenvalue weighted by Gasteiger charge is -2.22. The summed E-state index contributed by atoms with van der Waals surface area (Å²) in [6.07, 6.45) is 5.49. The van der Waals surface area contributed by atoms with E-state index >= 15 is 0 Å². The second kappa shape index (κ2) is 9.83. The second-order valence-corrected chi connectivity index (χ2v) is 8.46. The van der Waals surface area contributed by atoms with Crippen molar-refractivity contribution < 1.29 is 18.3 Å². The lowest BCUT2D eigenvalue weighted by Crippen LogP contribution is -2.30. The zero-order chi connectivity index (χ0) is 24.4. The first kappa shape index (κ1) is 23.0. The lowest BCUT2D eigenvalue weighted by molar-refractivity contribution is -0.0505. The molecule has 0 aliphatic carbocycles. The monoisotopic (exact) mass is 481 g/mol. The third-order valence-electron chi connectivity index (χ3n) is 6.15. The zero-order valence-corrected chi connectivity index (χ0v) is 19.2. The summed E-state index contributed by atoms with van der Waals surface area (Å²) >= 11 is 0. The van der Waals surface area contributed by atoms with Crippen molar-refractivity contribution in [1.29, 1.82) is 0 Å². The smallest absolute Gasteiger partial charge is 0.387 e. The molecule has 2 aromatic heterocycles. The van der Waals surface area contributed by atoms with Crippen LogP contribution in [0.1, 0.15) is 18.4 Å². The molecule has 10 heteroatoms. The van der Waals surface area contributed by atoms with Gasteiger partial charge in [-0.3, -0.25) is 14.2 Å². The molecule has 2 aromatic carbocycles. The van der Waals surface area contributed by atoms with E-state index < -0.39 is 6.61 Å². The summed E-state index contributed by atoms with van der Waals surface area (Å²) in [5.74, 6) is 0.616. The molecule has 5 rings (SSSR count). The first-order valence-electron chi connectivity index (χ1n) is 11.4. The fraction of sp³-hybridized carbons (Fsp3) is 0.320. The van der Waals surface area contributed by atoms with Gasteiger partial charge in [0.25, 0.3) is 5.56 Å². The molecular weight excluding hydrogens is 456 g/mol. The van der Waals surface area contributed by atoms with Gasteiger partial charge in [0.15, 0.2) is 0 Å². The predicted molar refractivity (Wildman–Crippen MR) is 128 cm³/mol. The number of alkyl halides is 2. The van der Waals surface area contributed by atoms with Crippen molar-refractivity contribution in [1.82, 2.24) is 19.3 Å². The fourth-order valence-corrected chi connectivity index (χ4v) is 4.34. The van der Waals surface area contributed by atoms with Gasteiger partial charge in [0, 0.05) is 37.2 Å². The van der Waals surface area contributed by atoms with Crippen LogP contribution < -0.4 is 15.6 Å². The quantitative estimate of drug-likeness (QED) is 0.429. The Morgan fingerprint density at radius 3 is 2.71 bits per heavy atom. The number of ether oxygens (including phenoxy) is 2. The van der Waals surface area contributed by atoms with Gasteiger partial charge in [-0.25, -0.2) is 9.97 Å². The Kier molecular flexibility index (Phi) is 6.45. The number of hydrogen-bond acceptors (Lipinski definition) is 6. The van der Waals surface area contributed by atoms with Gasteiger partial charge in [0.1, 0.15) is 5.75 Å². The van der Waals surface area contributed by atoms with E-state index in [4.69, 9.17) is 4.74 Å². The molecule has 0 saturated carbocycles. The van der Waals surface area contributed by atoms with Crippen molar-refractivity contribution in [3.05, 3.63) is 70.8 Å². The number of nitrogens with one attached hydrogen (secondary N) is 1. The van der Waals surface area contributed by atoms with Crippen molar-refractivity contribution in [2.75, 3.05) is 18.5 Å². The summed E-state index contributed by atoms with van der Waals surface area (Å²) in [6, 6.07) is 12.3. The maximum atomic E-state index is 12.9. The van der Waals surface area contributed by atoms with Gasteiger partial charge < -0.3 is 14.8 Å². The SMILES string of the molecule is Cn1c(=O)c2ccc(-c3cnc(NC4CCCOC4)nc3)cc2n1Cc1ccccc1OC(F)F. The van der Waals surface area contributed by atoms with Crippen LogP contribution in [0.4, 0.5) is 14.7 Å². The van der Waals surface area contributed by atoms with Crippen molar-refractivity contribution in [3.8, 4) is 16.9 Å². The van der Waals surface area contributed by atoms with Crippen LogP contribution in [0, 0.1) is 0 Å². The normalized spacial score (nSPS) is 16.1. The molecule has 0 spiro atoms. The van der Waals surface area contributed by atoms with Crippen LogP contribution in [0.5, 0.6) is 5.75 Å². The van der Waals surface area contributed by atoms with Gasteiger partial charge in [-0.1, -0.05) is 24.3 Å². The fourth-order valence-electron chi connectivity index (χ4n) is 4.34. The standard InChI is InChI=1S/C25H25F2N5O3/c1-31-23(33)20-9-8-16(18-12-28-25(29-13-18)30-19-6-4-10-34-15-19)11-21(20)32(31)14-17-5-2-3-7-22(17)35-24(26)27/h2-3,5,7-9,11-13,19,24H,4,6,10,14-15H2,1H3,(H,28,29,30). The molecule has 1 unspecified atom stereocenters. The van der Waals surface area contributed by atoms with Crippen molar-refractivity contribution in [2.45, 2.75) is 32.0 Å². The average molecular weight is 482 g/mol. The van der Waals surface area contributed by atoms with E-state index in [0.29, 0.717) is 29.0 Å². The highest BCUT2D eigenvalue weighted by atomic mass is 19.3. The van der Waals surface area contributed by atoms with Crippen molar-refractivity contribution >= 4 is 16.9 Å². The molecule has 0 radical (unpaired) electrons. The number of rotatable bonds is 7. The molecule has 0 bridgehead atoms. The third kappa shape index (κ3) is 4.88. The number of benzene rings is 2. The first-order chi connectivity index (χ1) is 17.0. The minimum atomic E-state index is -2.93. The molecule has 1 saturated heterocycles. The third-order valence-corrected chi connectivity index (χ3v) is 6.15. The van der Waals surface area contributed by atoms with E-state index in [1.807, 2.05) is 12.1 Å². The first-order valence-corrected chi connectivity index (χ1v) is 11.4. The van der Waals surface area contributed by atoms with Crippen LogP contribution in [0.3, 0.4) is 0 Å². The molecule has 1 aliphatic heterocycles. The summed E-state index contributed by atoms with van der Waals surface area (Å²) in [6.45, 7) is -1.32. The Hall–Kier alpha value is -3.79. The Balaban J connectivity index is 1.45. The Morgan fingerprint density at radius 2 is 1.97 bits per heavy atom. The topological polar surface area (TPSA) is 83.2 Å². The number of halogens is 2. The van der Waals surface area contributed by atoms with Crippen molar-refractivity contribution in [3.63, 3.8) is 0 Å². The van der Waals surface area contributed by atoms with Crippen LogP contribution in [-0.4, -0.2) is 45.2 Å². The molecule has 35 heavy (non-hydrogen) atoms. The van der Waals surface area contributed by atoms with Gasteiger partial charge in [-0.2, -0.15) is 8.78 Å². The van der Waals surface area contributed by atoms with Crippen LogP contribution in [0.15, 0.2) is 59.7 Å². The number of aromatic nitrogens is 4. The minimum Gasteiger partial charge on any atom is -0.434 e. The summed E-state index contributed by atoms with van der Waals surface area (Å²) in [5.41, 5.74) is 2.66. The van der Waals surface area contributed by atoms with Crippen LogP contribution in [0.2, 0.25) is 0 Å². The van der Waals surface area contributed by atoms with Gasteiger partial charge in [0.05, 0.1) is 30.1 Å².